The molecule has 3 rings (SSSR count). The number of carbonyl (C=O) groups is 1. The third kappa shape index (κ3) is 4.25. The standard InChI is InChI=1S/C20H27N3O3S/c1-13-18(19(24)21-11-10-14-7-6-12-23(14)2)27-20(22-13)17-15(25-3)8-5-9-16(17)26-4/h5,8-9,14H,6-7,10-12H2,1-4H3,(H,21,24). The van der Waals surface area contributed by atoms with Crippen molar-refractivity contribution in [2.45, 2.75) is 32.2 Å². The fourth-order valence-corrected chi connectivity index (χ4v) is 4.59. The van der Waals surface area contributed by atoms with Gasteiger partial charge in [-0.25, -0.2) is 4.98 Å². The number of hydrogen-bond acceptors (Lipinski definition) is 6. The van der Waals surface area contributed by atoms with Gasteiger partial charge in [0.05, 0.1) is 25.5 Å². The molecule has 0 saturated carbocycles. The maximum Gasteiger partial charge on any atom is 0.263 e. The van der Waals surface area contributed by atoms with Gasteiger partial charge in [0.25, 0.3) is 5.91 Å². The fourth-order valence-electron chi connectivity index (χ4n) is 3.55. The van der Waals surface area contributed by atoms with Gasteiger partial charge in [-0.15, -0.1) is 11.3 Å². The zero-order valence-electron chi connectivity index (χ0n) is 16.4. The molecule has 0 spiro atoms. The molecule has 1 aliphatic heterocycles. The summed E-state index contributed by atoms with van der Waals surface area (Å²) in [6.45, 7) is 3.69. The number of ether oxygens (including phenoxy) is 2. The molecule has 0 aliphatic carbocycles. The van der Waals surface area contributed by atoms with Crippen LogP contribution in [-0.4, -0.2) is 56.2 Å². The molecular weight excluding hydrogens is 362 g/mol. The molecule has 27 heavy (non-hydrogen) atoms. The number of methoxy groups -OCH3 is 2. The number of carbonyl (C=O) groups excluding carboxylic acids is 1. The topological polar surface area (TPSA) is 63.7 Å². The molecule has 6 nitrogen and oxygen atoms in total. The average Bonchev–Trinajstić information content (AvgIpc) is 3.26. The number of amides is 1. The molecule has 1 unspecified atom stereocenters. The van der Waals surface area contributed by atoms with E-state index in [0.29, 0.717) is 29.0 Å². The van der Waals surface area contributed by atoms with Crippen molar-refractivity contribution < 1.29 is 14.3 Å². The molecule has 1 N–H and O–H groups in total. The molecule has 7 heteroatoms. The Labute approximate surface area is 164 Å². The Balaban J connectivity index is 1.74. The lowest BCUT2D eigenvalue weighted by atomic mass is 10.1. The number of rotatable bonds is 7. The highest BCUT2D eigenvalue weighted by Crippen LogP contribution is 2.40. The second-order valence-corrected chi connectivity index (χ2v) is 7.79. The molecule has 2 aromatic rings. The molecule has 1 aliphatic rings. The molecule has 1 amide bonds. The number of benzene rings is 1. The van der Waals surface area contributed by atoms with Crippen LogP contribution in [0, 0.1) is 6.92 Å². The van der Waals surface area contributed by atoms with Crippen LogP contribution in [-0.2, 0) is 0 Å². The van der Waals surface area contributed by atoms with Crippen LogP contribution in [0.2, 0.25) is 0 Å². The molecule has 1 atom stereocenters. The summed E-state index contributed by atoms with van der Waals surface area (Å²) in [6, 6.07) is 6.18. The van der Waals surface area contributed by atoms with E-state index in [0.717, 1.165) is 29.2 Å². The van der Waals surface area contributed by atoms with Crippen LogP contribution in [0.4, 0.5) is 0 Å². The molecule has 1 fully saturated rings. The van der Waals surface area contributed by atoms with E-state index in [2.05, 4.69) is 22.2 Å². The van der Waals surface area contributed by atoms with Gasteiger partial charge >= 0.3 is 0 Å². The van der Waals surface area contributed by atoms with Crippen molar-refractivity contribution >= 4 is 17.2 Å². The van der Waals surface area contributed by atoms with Crippen molar-refractivity contribution in [3.63, 3.8) is 0 Å². The largest absolute Gasteiger partial charge is 0.496 e. The minimum Gasteiger partial charge on any atom is -0.496 e. The summed E-state index contributed by atoms with van der Waals surface area (Å²) >= 11 is 1.37. The molecule has 0 radical (unpaired) electrons. The molecule has 2 heterocycles. The molecular formula is C20H27N3O3S. The quantitative estimate of drug-likeness (QED) is 0.787. The van der Waals surface area contributed by atoms with Crippen LogP contribution in [0.25, 0.3) is 10.6 Å². The second-order valence-electron chi connectivity index (χ2n) is 6.79. The van der Waals surface area contributed by atoms with Crippen LogP contribution in [0.1, 0.15) is 34.6 Å². The summed E-state index contributed by atoms with van der Waals surface area (Å²) in [4.78, 5) is 20.3. The molecule has 1 saturated heterocycles. The van der Waals surface area contributed by atoms with Gasteiger partial charge in [0.1, 0.15) is 21.4 Å². The molecule has 1 aromatic carbocycles. The van der Waals surface area contributed by atoms with Gasteiger partial charge in [0, 0.05) is 12.6 Å². The third-order valence-electron chi connectivity index (χ3n) is 5.08. The first kappa shape index (κ1) is 19.6. The van der Waals surface area contributed by atoms with E-state index in [4.69, 9.17) is 9.47 Å². The highest BCUT2D eigenvalue weighted by atomic mass is 32.1. The van der Waals surface area contributed by atoms with Crippen molar-refractivity contribution in [2.75, 3.05) is 34.4 Å². The lowest BCUT2D eigenvalue weighted by Crippen LogP contribution is -2.31. The first-order valence-electron chi connectivity index (χ1n) is 9.22. The Morgan fingerprint density at radius 3 is 2.63 bits per heavy atom. The highest BCUT2D eigenvalue weighted by molar-refractivity contribution is 7.17. The predicted molar refractivity (Wildman–Crippen MR) is 108 cm³/mol. The van der Waals surface area contributed by atoms with Crippen molar-refractivity contribution in [2.24, 2.45) is 0 Å². The van der Waals surface area contributed by atoms with E-state index in [9.17, 15) is 4.79 Å². The van der Waals surface area contributed by atoms with Crippen molar-refractivity contribution in [3.05, 3.63) is 28.8 Å². The van der Waals surface area contributed by atoms with Gasteiger partial charge in [-0.2, -0.15) is 0 Å². The Morgan fingerprint density at radius 1 is 1.33 bits per heavy atom. The summed E-state index contributed by atoms with van der Waals surface area (Å²) in [7, 11) is 5.39. The number of aryl methyl sites for hydroxylation is 1. The Morgan fingerprint density at radius 2 is 2.04 bits per heavy atom. The van der Waals surface area contributed by atoms with Gasteiger partial charge in [-0.05, 0) is 51.9 Å². The number of nitrogens with zero attached hydrogens (tertiary/aromatic N) is 2. The van der Waals surface area contributed by atoms with Crippen LogP contribution >= 0.6 is 11.3 Å². The SMILES string of the molecule is COc1cccc(OC)c1-c1nc(C)c(C(=O)NCCC2CCCN2C)s1. The van der Waals surface area contributed by atoms with Crippen molar-refractivity contribution in [1.82, 2.24) is 15.2 Å². The van der Waals surface area contributed by atoms with E-state index in [1.165, 1.54) is 24.2 Å². The zero-order chi connectivity index (χ0) is 19.4. The third-order valence-corrected chi connectivity index (χ3v) is 6.25. The minimum atomic E-state index is -0.0641. The van der Waals surface area contributed by atoms with E-state index >= 15 is 0 Å². The van der Waals surface area contributed by atoms with Crippen LogP contribution in [0.5, 0.6) is 11.5 Å². The summed E-state index contributed by atoms with van der Waals surface area (Å²) in [6.07, 6.45) is 3.43. The van der Waals surface area contributed by atoms with Gasteiger partial charge in [0.15, 0.2) is 0 Å². The normalized spacial score (nSPS) is 17.1. The second kappa shape index (κ2) is 8.71. The van der Waals surface area contributed by atoms with Gasteiger partial charge in [-0.3, -0.25) is 4.79 Å². The monoisotopic (exact) mass is 389 g/mol. The van der Waals surface area contributed by atoms with E-state index in [1.807, 2.05) is 25.1 Å². The highest BCUT2D eigenvalue weighted by Gasteiger charge is 2.23. The summed E-state index contributed by atoms with van der Waals surface area (Å²) in [5.41, 5.74) is 1.50. The van der Waals surface area contributed by atoms with E-state index in [-0.39, 0.29) is 5.91 Å². The predicted octanol–water partition coefficient (Wildman–Crippen LogP) is 3.35. The fraction of sp³-hybridized carbons (Fsp3) is 0.500. The van der Waals surface area contributed by atoms with Crippen LogP contribution < -0.4 is 14.8 Å². The maximum atomic E-state index is 12.7. The first-order valence-corrected chi connectivity index (χ1v) is 10.0. The van der Waals surface area contributed by atoms with Gasteiger partial charge in [0.2, 0.25) is 0 Å². The summed E-state index contributed by atoms with van der Waals surface area (Å²) < 4.78 is 10.9. The summed E-state index contributed by atoms with van der Waals surface area (Å²) in [5.74, 6) is 1.30. The number of likely N-dealkylation sites (tertiary alicyclic amines) is 1. The van der Waals surface area contributed by atoms with Crippen molar-refractivity contribution in [3.8, 4) is 22.1 Å². The Hall–Kier alpha value is -2.12. The number of nitrogens with one attached hydrogen (secondary N) is 1. The van der Waals surface area contributed by atoms with Gasteiger partial charge < -0.3 is 19.7 Å². The number of aromatic nitrogens is 1. The summed E-state index contributed by atoms with van der Waals surface area (Å²) in [5, 5.41) is 3.78. The molecule has 0 bridgehead atoms. The Kier molecular flexibility index (Phi) is 6.34. The number of hydrogen-bond donors (Lipinski definition) is 1. The first-order chi connectivity index (χ1) is 13.0. The molecule has 1 aromatic heterocycles. The maximum absolute atomic E-state index is 12.7. The zero-order valence-corrected chi connectivity index (χ0v) is 17.2. The van der Waals surface area contributed by atoms with E-state index < -0.39 is 0 Å². The van der Waals surface area contributed by atoms with Crippen molar-refractivity contribution in [1.29, 1.82) is 0 Å². The lowest BCUT2D eigenvalue weighted by molar-refractivity contribution is 0.0953. The smallest absolute Gasteiger partial charge is 0.263 e. The van der Waals surface area contributed by atoms with Crippen LogP contribution in [0.15, 0.2) is 18.2 Å². The molecule has 146 valence electrons. The van der Waals surface area contributed by atoms with Gasteiger partial charge in [-0.1, -0.05) is 6.07 Å². The number of thiazole rings is 1. The minimum absolute atomic E-state index is 0.0641. The van der Waals surface area contributed by atoms with E-state index in [1.54, 1.807) is 14.2 Å². The lowest BCUT2D eigenvalue weighted by Gasteiger charge is -2.19. The van der Waals surface area contributed by atoms with Crippen LogP contribution in [0.3, 0.4) is 0 Å². The average molecular weight is 390 g/mol. The Bertz CT molecular complexity index is 784.